The van der Waals surface area contributed by atoms with Gasteiger partial charge < -0.3 is 9.47 Å². The van der Waals surface area contributed by atoms with Crippen LogP contribution in [-0.4, -0.2) is 43.2 Å². The van der Waals surface area contributed by atoms with Crippen molar-refractivity contribution in [1.29, 1.82) is 0 Å². The summed E-state index contributed by atoms with van der Waals surface area (Å²) in [5.74, 6) is 1.74. The van der Waals surface area contributed by atoms with Crippen LogP contribution in [-0.2, 0) is 6.54 Å². The van der Waals surface area contributed by atoms with Crippen LogP contribution in [0.2, 0.25) is 0 Å². The molecule has 0 aromatic carbocycles. The summed E-state index contributed by atoms with van der Waals surface area (Å²) in [5.41, 5.74) is 0.691. The van der Waals surface area contributed by atoms with Gasteiger partial charge in [-0.05, 0) is 33.1 Å². The number of amides is 1. The van der Waals surface area contributed by atoms with Gasteiger partial charge in [-0.15, -0.1) is 0 Å². The van der Waals surface area contributed by atoms with Crippen molar-refractivity contribution in [3.8, 4) is 0 Å². The molecule has 1 fully saturated rings. The Morgan fingerprint density at radius 1 is 1.32 bits per heavy atom. The SMILES string of the molecule is CCCCn1ccnc1C1CCN(C(=O)c2cnn(C(C)C)c2)CC1. The standard InChI is InChI=1S/C19H29N5O/c1-4-5-9-22-12-8-20-18(22)16-6-10-23(11-7-16)19(25)17-13-21-24(14-17)15(2)3/h8,12-16H,4-7,9-11H2,1-3H3. The lowest BCUT2D eigenvalue weighted by molar-refractivity contribution is 0.0710. The number of rotatable bonds is 6. The number of nitrogens with zero attached hydrogens (tertiary/aromatic N) is 5. The maximum Gasteiger partial charge on any atom is 0.257 e. The van der Waals surface area contributed by atoms with Gasteiger partial charge in [-0.3, -0.25) is 9.48 Å². The molecule has 0 spiro atoms. The van der Waals surface area contributed by atoms with Gasteiger partial charge in [-0.1, -0.05) is 13.3 Å². The van der Waals surface area contributed by atoms with Crippen LogP contribution in [0, 0.1) is 0 Å². The van der Waals surface area contributed by atoms with Crippen LogP contribution in [0.4, 0.5) is 0 Å². The molecule has 0 N–H and O–H groups in total. The molecule has 2 aromatic heterocycles. The zero-order valence-electron chi connectivity index (χ0n) is 15.6. The smallest absolute Gasteiger partial charge is 0.257 e. The first-order valence-corrected chi connectivity index (χ1v) is 9.44. The van der Waals surface area contributed by atoms with E-state index in [9.17, 15) is 4.79 Å². The minimum Gasteiger partial charge on any atom is -0.339 e. The summed E-state index contributed by atoms with van der Waals surface area (Å²) in [4.78, 5) is 19.2. The van der Waals surface area contributed by atoms with Crippen LogP contribution in [0.5, 0.6) is 0 Å². The molecule has 3 heterocycles. The van der Waals surface area contributed by atoms with Crippen LogP contribution in [0.1, 0.15) is 74.6 Å². The maximum atomic E-state index is 12.7. The van der Waals surface area contributed by atoms with E-state index in [1.807, 2.05) is 22.0 Å². The van der Waals surface area contributed by atoms with Crippen molar-refractivity contribution in [2.45, 2.75) is 65.0 Å². The Bertz CT molecular complexity index is 694. The highest BCUT2D eigenvalue weighted by Crippen LogP contribution is 2.28. The van der Waals surface area contributed by atoms with Crippen molar-refractivity contribution < 1.29 is 4.79 Å². The first kappa shape index (κ1) is 17.7. The Labute approximate surface area is 149 Å². The van der Waals surface area contributed by atoms with E-state index < -0.39 is 0 Å². The zero-order valence-corrected chi connectivity index (χ0v) is 15.6. The number of carbonyl (C=O) groups excluding carboxylic acids is 1. The van der Waals surface area contributed by atoms with Crippen molar-refractivity contribution in [2.75, 3.05) is 13.1 Å². The summed E-state index contributed by atoms with van der Waals surface area (Å²) in [7, 11) is 0. The number of hydrogen-bond acceptors (Lipinski definition) is 3. The second-order valence-corrected chi connectivity index (χ2v) is 7.20. The summed E-state index contributed by atoms with van der Waals surface area (Å²) >= 11 is 0. The van der Waals surface area contributed by atoms with Crippen molar-refractivity contribution in [3.63, 3.8) is 0 Å². The second-order valence-electron chi connectivity index (χ2n) is 7.20. The van der Waals surface area contributed by atoms with Crippen LogP contribution < -0.4 is 0 Å². The second kappa shape index (κ2) is 7.85. The summed E-state index contributed by atoms with van der Waals surface area (Å²) in [6, 6.07) is 0.272. The minimum absolute atomic E-state index is 0.0969. The highest BCUT2D eigenvalue weighted by atomic mass is 16.2. The molecular weight excluding hydrogens is 314 g/mol. The van der Waals surface area contributed by atoms with Crippen molar-refractivity contribution in [2.24, 2.45) is 0 Å². The predicted octanol–water partition coefficient (Wildman–Crippen LogP) is 3.48. The lowest BCUT2D eigenvalue weighted by atomic mass is 9.95. The number of unbranched alkanes of at least 4 members (excludes halogenated alkanes) is 1. The van der Waals surface area contributed by atoms with E-state index in [1.54, 1.807) is 6.20 Å². The van der Waals surface area contributed by atoms with E-state index in [-0.39, 0.29) is 11.9 Å². The average Bonchev–Trinajstić information content (AvgIpc) is 3.29. The molecule has 0 aliphatic carbocycles. The van der Waals surface area contributed by atoms with Crippen LogP contribution in [0.25, 0.3) is 0 Å². The monoisotopic (exact) mass is 343 g/mol. The maximum absolute atomic E-state index is 12.7. The third kappa shape index (κ3) is 3.94. The van der Waals surface area contributed by atoms with Crippen molar-refractivity contribution >= 4 is 5.91 Å². The molecule has 1 aliphatic rings. The van der Waals surface area contributed by atoms with Gasteiger partial charge in [0, 0.05) is 50.2 Å². The van der Waals surface area contributed by atoms with Gasteiger partial charge in [0.05, 0.1) is 11.8 Å². The molecule has 6 heteroatoms. The Morgan fingerprint density at radius 2 is 2.08 bits per heavy atom. The van der Waals surface area contributed by atoms with Gasteiger partial charge in [0.15, 0.2) is 0 Å². The first-order valence-electron chi connectivity index (χ1n) is 9.44. The fourth-order valence-electron chi connectivity index (χ4n) is 3.45. The molecule has 1 aliphatic heterocycles. The summed E-state index contributed by atoms with van der Waals surface area (Å²) in [6.07, 6.45) is 11.9. The summed E-state index contributed by atoms with van der Waals surface area (Å²) in [6.45, 7) is 8.95. The summed E-state index contributed by atoms with van der Waals surface area (Å²) < 4.78 is 4.13. The largest absolute Gasteiger partial charge is 0.339 e. The molecule has 0 atom stereocenters. The zero-order chi connectivity index (χ0) is 17.8. The normalized spacial score (nSPS) is 15.9. The molecule has 3 rings (SSSR count). The number of aromatic nitrogens is 4. The molecule has 0 saturated carbocycles. The summed E-state index contributed by atoms with van der Waals surface area (Å²) in [5, 5.41) is 4.28. The molecule has 1 amide bonds. The molecule has 1 saturated heterocycles. The van der Waals surface area contributed by atoms with E-state index in [0.29, 0.717) is 11.5 Å². The number of likely N-dealkylation sites (tertiary alicyclic amines) is 1. The Kier molecular flexibility index (Phi) is 5.56. The Hall–Kier alpha value is -2.11. The third-order valence-corrected chi connectivity index (χ3v) is 5.03. The number of piperidine rings is 1. The van der Waals surface area contributed by atoms with Crippen LogP contribution in [0.3, 0.4) is 0 Å². The number of hydrogen-bond donors (Lipinski definition) is 0. The quantitative estimate of drug-likeness (QED) is 0.807. The molecule has 6 nitrogen and oxygen atoms in total. The van der Waals surface area contributed by atoms with Crippen LogP contribution >= 0.6 is 0 Å². The van der Waals surface area contributed by atoms with E-state index in [0.717, 1.165) is 32.5 Å². The van der Waals surface area contributed by atoms with Crippen molar-refractivity contribution in [1.82, 2.24) is 24.2 Å². The molecule has 2 aromatic rings. The minimum atomic E-state index is 0.0969. The highest BCUT2D eigenvalue weighted by molar-refractivity contribution is 5.93. The fraction of sp³-hybridized carbons (Fsp3) is 0.632. The molecule has 0 bridgehead atoms. The van der Waals surface area contributed by atoms with Gasteiger partial charge >= 0.3 is 0 Å². The first-order chi connectivity index (χ1) is 12.1. The van der Waals surface area contributed by atoms with Gasteiger partial charge in [0.1, 0.15) is 5.82 Å². The van der Waals surface area contributed by atoms with Crippen molar-refractivity contribution in [3.05, 3.63) is 36.2 Å². The van der Waals surface area contributed by atoms with Gasteiger partial charge in [-0.25, -0.2) is 4.98 Å². The molecule has 136 valence electrons. The number of imidazole rings is 1. The highest BCUT2D eigenvalue weighted by Gasteiger charge is 2.27. The molecule has 0 unspecified atom stereocenters. The fourth-order valence-corrected chi connectivity index (χ4v) is 3.45. The van der Waals surface area contributed by atoms with Crippen LogP contribution in [0.15, 0.2) is 24.8 Å². The molecule has 0 radical (unpaired) electrons. The van der Waals surface area contributed by atoms with E-state index in [1.165, 1.54) is 18.7 Å². The third-order valence-electron chi connectivity index (χ3n) is 5.03. The Morgan fingerprint density at radius 3 is 2.72 bits per heavy atom. The van der Waals surface area contributed by atoms with E-state index in [2.05, 4.69) is 41.6 Å². The molecule has 25 heavy (non-hydrogen) atoms. The van der Waals surface area contributed by atoms with Gasteiger partial charge in [0.25, 0.3) is 5.91 Å². The van der Waals surface area contributed by atoms with E-state index >= 15 is 0 Å². The topological polar surface area (TPSA) is 56.0 Å². The predicted molar refractivity (Wildman–Crippen MR) is 97.6 cm³/mol. The van der Waals surface area contributed by atoms with Gasteiger partial charge in [0.2, 0.25) is 0 Å². The Balaban J connectivity index is 1.60. The number of carbonyl (C=O) groups is 1. The number of aryl methyl sites for hydroxylation is 1. The van der Waals surface area contributed by atoms with E-state index in [4.69, 9.17) is 0 Å². The average molecular weight is 343 g/mol. The lowest BCUT2D eigenvalue weighted by Crippen LogP contribution is -2.38. The van der Waals surface area contributed by atoms with Gasteiger partial charge in [-0.2, -0.15) is 5.10 Å². The lowest BCUT2D eigenvalue weighted by Gasteiger charge is -2.31. The molecular formula is C19H29N5O.